The van der Waals surface area contributed by atoms with Gasteiger partial charge >= 0.3 is 0 Å². The van der Waals surface area contributed by atoms with Crippen molar-refractivity contribution in [2.45, 2.75) is 37.6 Å². The fourth-order valence-corrected chi connectivity index (χ4v) is 4.21. The zero-order valence-electron chi connectivity index (χ0n) is 14.7. The molecular formula is C18H24ClN3O4. The van der Waals surface area contributed by atoms with Gasteiger partial charge in [-0.05, 0) is 25.0 Å². The van der Waals surface area contributed by atoms with Crippen LogP contribution in [0, 0.1) is 10.1 Å². The molecule has 7 nitrogen and oxygen atoms in total. The Labute approximate surface area is 157 Å². The van der Waals surface area contributed by atoms with E-state index in [4.69, 9.17) is 16.3 Å². The number of benzene rings is 1. The lowest BCUT2D eigenvalue weighted by atomic mass is 9.79. The maximum atomic E-state index is 12.7. The van der Waals surface area contributed by atoms with Gasteiger partial charge in [-0.15, -0.1) is 0 Å². The van der Waals surface area contributed by atoms with Crippen LogP contribution in [0.25, 0.3) is 0 Å². The Morgan fingerprint density at radius 3 is 2.62 bits per heavy atom. The molecule has 0 bridgehead atoms. The molecule has 1 heterocycles. The van der Waals surface area contributed by atoms with Crippen molar-refractivity contribution in [2.24, 2.45) is 0 Å². The van der Waals surface area contributed by atoms with Gasteiger partial charge in [-0.3, -0.25) is 19.8 Å². The van der Waals surface area contributed by atoms with E-state index in [9.17, 15) is 14.9 Å². The van der Waals surface area contributed by atoms with Gasteiger partial charge in [0, 0.05) is 36.3 Å². The third-order valence-corrected chi connectivity index (χ3v) is 5.68. The van der Waals surface area contributed by atoms with Gasteiger partial charge in [0.1, 0.15) is 5.56 Å². The second-order valence-electron chi connectivity index (χ2n) is 6.99. The summed E-state index contributed by atoms with van der Waals surface area (Å²) in [6, 6.07) is 4.06. The number of halogens is 1. The summed E-state index contributed by atoms with van der Waals surface area (Å²) in [6.45, 7) is 3.60. The molecule has 142 valence electrons. The monoisotopic (exact) mass is 381 g/mol. The molecule has 1 aromatic rings. The number of nitro groups is 1. The summed E-state index contributed by atoms with van der Waals surface area (Å²) in [4.78, 5) is 25.8. The first-order chi connectivity index (χ1) is 12.5. The summed E-state index contributed by atoms with van der Waals surface area (Å²) in [6.07, 6.45) is 5.50. The minimum Gasteiger partial charge on any atom is -0.379 e. The average Bonchev–Trinajstić information content (AvgIpc) is 2.67. The van der Waals surface area contributed by atoms with E-state index in [1.54, 1.807) is 0 Å². The van der Waals surface area contributed by atoms with Gasteiger partial charge in [-0.2, -0.15) is 0 Å². The SMILES string of the molecule is O=C(NCC1(N2CCOCC2)CCCCC1)c1cc(Cl)ccc1[N+](=O)[O-]. The number of ether oxygens (including phenoxy) is 1. The molecule has 26 heavy (non-hydrogen) atoms. The van der Waals surface area contributed by atoms with Crippen LogP contribution >= 0.6 is 11.6 Å². The molecule has 1 amide bonds. The van der Waals surface area contributed by atoms with Crippen LogP contribution in [0.1, 0.15) is 42.5 Å². The minimum atomic E-state index is -0.552. The van der Waals surface area contributed by atoms with Crippen LogP contribution in [0.5, 0.6) is 0 Å². The first-order valence-electron chi connectivity index (χ1n) is 9.07. The molecule has 2 aliphatic rings. The van der Waals surface area contributed by atoms with Gasteiger partial charge in [0.25, 0.3) is 11.6 Å². The lowest BCUT2D eigenvalue weighted by molar-refractivity contribution is -0.385. The Kier molecular flexibility index (Phi) is 6.11. The number of nitrogens with one attached hydrogen (secondary N) is 1. The highest BCUT2D eigenvalue weighted by Gasteiger charge is 2.39. The third kappa shape index (κ3) is 4.16. The van der Waals surface area contributed by atoms with Gasteiger partial charge in [-0.1, -0.05) is 30.9 Å². The van der Waals surface area contributed by atoms with Gasteiger partial charge < -0.3 is 10.1 Å². The molecule has 0 radical (unpaired) electrons. The second kappa shape index (κ2) is 8.33. The van der Waals surface area contributed by atoms with Crippen LogP contribution < -0.4 is 5.32 Å². The van der Waals surface area contributed by atoms with E-state index in [0.717, 1.165) is 38.8 Å². The number of nitrogens with zero attached hydrogens (tertiary/aromatic N) is 2. The number of morpholine rings is 1. The fourth-order valence-electron chi connectivity index (χ4n) is 4.04. The minimum absolute atomic E-state index is 0.00966. The predicted molar refractivity (Wildman–Crippen MR) is 98.6 cm³/mol. The quantitative estimate of drug-likeness (QED) is 0.626. The molecule has 1 aromatic carbocycles. The molecule has 1 saturated carbocycles. The van der Waals surface area contributed by atoms with E-state index in [0.29, 0.717) is 24.8 Å². The molecule has 0 aromatic heterocycles. The topological polar surface area (TPSA) is 84.7 Å². The molecule has 0 unspecified atom stereocenters. The number of rotatable bonds is 5. The molecule has 1 aliphatic heterocycles. The highest BCUT2D eigenvalue weighted by molar-refractivity contribution is 6.31. The Morgan fingerprint density at radius 1 is 1.27 bits per heavy atom. The molecular weight excluding hydrogens is 358 g/mol. The fraction of sp³-hybridized carbons (Fsp3) is 0.611. The molecule has 1 aliphatic carbocycles. The van der Waals surface area contributed by atoms with Crippen molar-refractivity contribution >= 4 is 23.2 Å². The van der Waals surface area contributed by atoms with E-state index >= 15 is 0 Å². The largest absolute Gasteiger partial charge is 0.379 e. The predicted octanol–water partition coefficient (Wildman–Crippen LogP) is 3.01. The van der Waals surface area contributed by atoms with E-state index in [1.165, 1.54) is 24.6 Å². The molecule has 2 fully saturated rings. The summed E-state index contributed by atoms with van der Waals surface area (Å²) < 4.78 is 5.47. The number of amides is 1. The van der Waals surface area contributed by atoms with Crippen LogP contribution in [0.15, 0.2) is 18.2 Å². The summed E-state index contributed by atoms with van der Waals surface area (Å²) in [5.74, 6) is -0.447. The van der Waals surface area contributed by atoms with Crippen molar-refractivity contribution in [2.75, 3.05) is 32.8 Å². The van der Waals surface area contributed by atoms with Crippen LogP contribution in [0.3, 0.4) is 0 Å². The summed E-state index contributed by atoms with van der Waals surface area (Å²) >= 11 is 5.94. The summed E-state index contributed by atoms with van der Waals surface area (Å²) in [5, 5.41) is 14.5. The molecule has 0 spiro atoms. The van der Waals surface area contributed by atoms with Crippen molar-refractivity contribution in [1.82, 2.24) is 10.2 Å². The van der Waals surface area contributed by atoms with Crippen molar-refractivity contribution in [1.29, 1.82) is 0 Å². The lowest BCUT2D eigenvalue weighted by Crippen LogP contribution is -2.59. The van der Waals surface area contributed by atoms with Crippen molar-refractivity contribution in [3.63, 3.8) is 0 Å². The van der Waals surface area contributed by atoms with Crippen LogP contribution in [0.2, 0.25) is 5.02 Å². The zero-order valence-corrected chi connectivity index (χ0v) is 15.5. The Bertz CT molecular complexity index is 670. The van der Waals surface area contributed by atoms with Crippen molar-refractivity contribution in [3.05, 3.63) is 38.9 Å². The zero-order chi connectivity index (χ0) is 18.6. The first-order valence-corrected chi connectivity index (χ1v) is 9.45. The Balaban J connectivity index is 1.76. The van der Waals surface area contributed by atoms with Gasteiger partial charge in [0.15, 0.2) is 0 Å². The van der Waals surface area contributed by atoms with E-state index in [1.807, 2.05) is 0 Å². The second-order valence-corrected chi connectivity index (χ2v) is 7.42. The molecule has 8 heteroatoms. The van der Waals surface area contributed by atoms with E-state index in [2.05, 4.69) is 10.2 Å². The highest BCUT2D eigenvalue weighted by atomic mass is 35.5. The smallest absolute Gasteiger partial charge is 0.282 e. The number of hydrogen-bond donors (Lipinski definition) is 1. The third-order valence-electron chi connectivity index (χ3n) is 5.44. The lowest BCUT2D eigenvalue weighted by Gasteiger charge is -2.48. The highest BCUT2D eigenvalue weighted by Crippen LogP contribution is 2.34. The van der Waals surface area contributed by atoms with Crippen LogP contribution in [-0.2, 0) is 4.74 Å². The van der Waals surface area contributed by atoms with Gasteiger partial charge in [0.2, 0.25) is 0 Å². The first kappa shape index (κ1) is 19.1. The van der Waals surface area contributed by atoms with Gasteiger partial charge in [-0.25, -0.2) is 0 Å². The van der Waals surface area contributed by atoms with E-state index < -0.39 is 10.8 Å². The molecule has 3 rings (SSSR count). The van der Waals surface area contributed by atoms with Crippen LogP contribution in [0.4, 0.5) is 5.69 Å². The number of hydrogen-bond acceptors (Lipinski definition) is 5. The maximum absolute atomic E-state index is 12.7. The Morgan fingerprint density at radius 2 is 1.96 bits per heavy atom. The summed E-state index contributed by atoms with van der Waals surface area (Å²) in [5.41, 5.74) is -0.309. The number of carbonyl (C=O) groups is 1. The van der Waals surface area contributed by atoms with E-state index in [-0.39, 0.29) is 16.8 Å². The van der Waals surface area contributed by atoms with Gasteiger partial charge in [0.05, 0.1) is 18.1 Å². The molecule has 1 saturated heterocycles. The number of carbonyl (C=O) groups excluding carboxylic acids is 1. The number of nitro benzene ring substituents is 1. The van der Waals surface area contributed by atoms with Crippen LogP contribution in [-0.4, -0.2) is 54.1 Å². The molecule has 0 atom stereocenters. The maximum Gasteiger partial charge on any atom is 0.282 e. The summed E-state index contributed by atoms with van der Waals surface area (Å²) in [7, 11) is 0. The van der Waals surface area contributed by atoms with Crippen molar-refractivity contribution in [3.8, 4) is 0 Å². The van der Waals surface area contributed by atoms with Crippen molar-refractivity contribution < 1.29 is 14.5 Å². The normalized spacial score (nSPS) is 20.5. The molecule has 1 N–H and O–H groups in total. The Hall–Kier alpha value is -1.70. The average molecular weight is 382 g/mol. The standard InChI is InChI=1S/C18H24ClN3O4/c19-14-4-5-16(22(24)25)15(12-14)17(23)20-13-18(6-2-1-3-7-18)21-8-10-26-11-9-21/h4-5,12H,1-3,6-11,13H2,(H,20,23).